The molecule has 0 aromatic heterocycles. The molecule has 72 valence electrons. The zero-order valence-electron chi connectivity index (χ0n) is 8.14. The van der Waals surface area contributed by atoms with E-state index in [4.69, 9.17) is 5.11 Å². The predicted octanol–water partition coefficient (Wildman–Crippen LogP) is 2.85. The number of hydrogen-bond donors (Lipinski definition) is 1. The average Bonchev–Trinajstić information content (AvgIpc) is 2.04. The number of benzene rings is 1. The zero-order chi connectivity index (χ0) is 9.68. The van der Waals surface area contributed by atoms with Crippen LogP contribution in [-0.4, -0.2) is 17.3 Å². The Labute approximate surface area is 79.6 Å². The van der Waals surface area contributed by atoms with Gasteiger partial charge in [-0.25, -0.2) is 0 Å². The molecule has 0 aliphatic heterocycles. The molecule has 0 saturated heterocycles. The molecule has 0 heterocycles. The molecule has 0 amide bonds. The predicted molar refractivity (Wildman–Crippen MR) is 55.2 cm³/mol. The third-order valence-corrected chi connectivity index (χ3v) is 1.81. The second kappa shape index (κ2) is 4.87. The van der Waals surface area contributed by atoms with Crippen LogP contribution in [0.4, 0.5) is 5.69 Å². The van der Waals surface area contributed by atoms with Gasteiger partial charge in [0.05, 0.1) is 0 Å². The lowest BCUT2D eigenvalue weighted by atomic mass is 10.1. The van der Waals surface area contributed by atoms with Crippen LogP contribution in [0.1, 0.15) is 20.3 Å². The van der Waals surface area contributed by atoms with Crippen molar-refractivity contribution in [3.63, 3.8) is 0 Å². The minimum absolute atomic E-state index is 0.183. The van der Waals surface area contributed by atoms with Crippen LogP contribution in [-0.2, 0) is 0 Å². The first kappa shape index (κ1) is 10.1. The molecule has 1 aromatic rings. The molecule has 0 spiro atoms. The zero-order valence-corrected chi connectivity index (χ0v) is 8.14. The second-order valence-corrected chi connectivity index (χ2v) is 3.40. The van der Waals surface area contributed by atoms with Gasteiger partial charge in [0.15, 0.2) is 0 Å². The number of hydrogen-bond acceptors (Lipinski definition) is 1. The molecule has 1 rings (SSSR count). The third-order valence-electron chi connectivity index (χ3n) is 1.81. The highest BCUT2D eigenvalue weighted by atomic mass is 16.3. The van der Waals surface area contributed by atoms with Crippen LogP contribution in [0.25, 0.3) is 5.32 Å². The molecule has 0 fully saturated rings. The highest BCUT2D eigenvalue weighted by molar-refractivity contribution is 5.48. The molecule has 2 heteroatoms. The van der Waals surface area contributed by atoms with Gasteiger partial charge in [0, 0.05) is 6.10 Å². The summed E-state index contributed by atoms with van der Waals surface area (Å²) in [6, 6.07) is 10.0. The quantitative estimate of drug-likeness (QED) is 0.755. The Kier molecular flexibility index (Phi) is 3.77. The van der Waals surface area contributed by atoms with Crippen LogP contribution >= 0.6 is 0 Å². The van der Waals surface area contributed by atoms with Gasteiger partial charge >= 0.3 is 0 Å². The molecule has 13 heavy (non-hydrogen) atoms. The normalized spacial score (nSPS) is 15.0. The van der Waals surface area contributed by atoms with Gasteiger partial charge in [0.25, 0.3) is 0 Å². The summed E-state index contributed by atoms with van der Waals surface area (Å²) in [6.45, 7) is 3.80. The Hall–Kier alpha value is -1.02. The van der Waals surface area contributed by atoms with Crippen molar-refractivity contribution in [2.45, 2.75) is 32.4 Å². The van der Waals surface area contributed by atoms with Crippen molar-refractivity contribution < 1.29 is 5.11 Å². The van der Waals surface area contributed by atoms with Crippen molar-refractivity contribution in [3.8, 4) is 0 Å². The van der Waals surface area contributed by atoms with Crippen molar-refractivity contribution in [1.29, 1.82) is 0 Å². The molecule has 2 nitrogen and oxygen atoms in total. The van der Waals surface area contributed by atoms with Gasteiger partial charge in [-0.15, -0.1) is 11.7 Å². The van der Waals surface area contributed by atoms with E-state index in [0.29, 0.717) is 0 Å². The Morgan fingerprint density at radius 3 is 2.38 bits per heavy atom. The van der Waals surface area contributed by atoms with Gasteiger partial charge in [0.1, 0.15) is 0 Å². The largest absolute Gasteiger partial charge is 0.682 e. The van der Waals surface area contributed by atoms with Gasteiger partial charge in [-0.1, -0.05) is 37.3 Å². The van der Waals surface area contributed by atoms with Crippen LogP contribution in [0.15, 0.2) is 30.3 Å². The smallest absolute Gasteiger partial charge is 0.0500 e. The first-order valence-electron chi connectivity index (χ1n) is 4.62. The summed E-state index contributed by atoms with van der Waals surface area (Å²) >= 11 is 0. The SMILES string of the molecule is CC(O)CC(C)[N-]c1ccccc1. The monoisotopic (exact) mass is 178 g/mol. The molecule has 1 N–H and O–H groups in total. The summed E-state index contributed by atoms with van der Waals surface area (Å²) in [6.07, 6.45) is 0.442. The minimum Gasteiger partial charge on any atom is -0.682 e. The van der Waals surface area contributed by atoms with Gasteiger partial charge < -0.3 is 10.4 Å². The molecule has 0 bridgehead atoms. The molecule has 2 unspecified atom stereocenters. The first-order valence-corrected chi connectivity index (χ1v) is 4.62. The first-order chi connectivity index (χ1) is 6.18. The lowest BCUT2D eigenvalue weighted by Gasteiger charge is -2.30. The maximum atomic E-state index is 9.14. The van der Waals surface area contributed by atoms with Crippen LogP contribution < -0.4 is 0 Å². The van der Waals surface area contributed by atoms with Crippen molar-refractivity contribution in [1.82, 2.24) is 0 Å². The second-order valence-electron chi connectivity index (χ2n) is 3.40. The van der Waals surface area contributed by atoms with E-state index in [0.717, 1.165) is 12.1 Å². The highest BCUT2D eigenvalue weighted by Crippen LogP contribution is 2.22. The Balaban J connectivity index is 2.41. The summed E-state index contributed by atoms with van der Waals surface area (Å²) in [5.74, 6) is 0. The maximum Gasteiger partial charge on any atom is 0.0500 e. The number of rotatable bonds is 4. The minimum atomic E-state index is -0.275. The van der Waals surface area contributed by atoms with E-state index in [1.54, 1.807) is 6.92 Å². The Morgan fingerprint density at radius 2 is 1.85 bits per heavy atom. The number of para-hydroxylation sites is 1. The standard InChI is InChI=1S/C11H16NO/c1-9(8-10(2)13)12-11-6-4-3-5-7-11/h3-7,9-10,13H,8H2,1-2H3/q-1. The van der Waals surface area contributed by atoms with Gasteiger partial charge in [-0.3, -0.25) is 0 Å². The van der Waals surface area contributed by atoms with E-state index in [2.05, 4.69) is 5.32 Å². The van der Waals surface area contributed by atoms with E-state index in [-0.39, 0.29) is 12.1 Å². The molecule has 0 saturated carbocycles. The van der Waals surface area contributed by atoms with Crippen molar-refractivity contribution in [2.75, 3.05) is 0 Å². The van der Waals surface area contributed by atoms with Crippen LogP contribution in [0, 0.1) is 0 Å². The number of aliphatic hydroxyl groups is 1. The molecular formula is C11H16NO-. The fourth-order valence-corrected chi connectivity index (χ4v) is 1.31. The fourth-order valence-electron chi connectivity index (χ4n) is 1.31. The summed E-state index contributed by atoms with van der Waals surface area (Å²) in [5.41, 5.74) is 0.982. The molecule has 0 radical (unpaired) electrons. The molecule has 0 aliphatic rings. The van der Waals surface area contributed by atoms with Crippen molar-refractivity contribution in [3.05, 3.63) is 35.6 Å². The summed E-state index contributed by atoms with van der Waals surface area (Å²) < 4.78 is 0. The summed E-state index contributed by atoms with van der Waals surface area (Å²) in [7, 11) is 0. The average molecular weight is 178 g/mol. The summed E-state index contributed by atoms with van der Waals surface area (Å²) in [4.78, 5) is 0. The lowest BCUT2D eigenvalue weighted by molar-refractivity contribution is 0.181. The maximum absolute atomic E-state index is 9.14. The Bertz CT molecular complexity index is 233. The van der Waals surface area contributed by atoms with Crippen LogP contribution in [0.3, 0.4) is 0 Å². The molecule has 2 atom stereocenters. The van der Waals surface area contributed by atoms with Crippen LogP contribution in [0.5, 0.6) is 0 Å². The van der Waals surface area contributed by atoms with E-state index < -0.39 is 0 Å². The summed E-state index contributed by atoms with van der Waals surface area (Å²) in [5, 5.41) is 13.6. The van der Waals surface area contributed by atoms with Gasteiger partial charge in [-0.05, 0) is 13.3 Å². The van der Waals surface area contributed by atoms with E-state index in [1.165, 1.54) is 0 Å². The molecule has 0 aliphatic carbocycles. The molecule has 1 aromatic carbocycles. The third kappa shape index (κ3) is 3.95. The Morgan fingerprint density at radius 1 is 1.23 bits per heavy atom. The topological polar surface area (TPSA) is 34.3 Å². The number of aliphatic hydroxyl groups excluding tert-OH is 1. The van der Waals surface area contributed by atoms with Gasteiger partial charge in [0.2, 0.25) is 0 Å². The van der Waals surface area contributed by atoms with Crippen molar-refractivity contribution >= 4 is 5.69 Å². The van der Waals surface area contributed by atoms with E-state index in [9.17, 15) is 0 Å². The van der Waals surface area contributed by atoms with E-state index >= 15 is 0 Å². The van der Waals surface area contributed by atoms with Crippen LogP contribution in [0.2, 0.25) is 0 Å². The van der Waals surface area contributed by atoms with Gasteiger partial charge in [-0.2, -0.15) is 0 Å². The lowest BCUT2D eigenvalue weighted by Crippen LogP contribution is -2.09. The highest BCUT2D eigenvalue weighted by Gasteiger charge is 1.96. The number of nitrogens with zero attached hydrogens (tertiary/aromatic N) is 1. The van der Waals surface area contributed by atoms with Crippen molar-refractivity contribution in [2.24, 2.45) is 0 Å². The fraction of sp³-hybridized carbons (Fsp3) is 0.455. The van der Waals surface area contributed by atoms with E-state index in [1.807, 2.05) is 37.3 Å². The molecular weight excluding hydrogens is 162 g/mol.